The van der Waals surface area contributed by atoms with Gasteiger partial charge in [-0.3, -0.25) is 0 Å². The maximum Gasteiger partial charge on any atom is 0.339 e. The maximum atomic E-state index is 11.3. The number of fused-ring (bicyclic) bond motifs is 1. The van der Waals surface area contributed by atoms with Crippen molar-refractivity contribution in [3.63, 3.8) is 0 Å². The molecule has 0 aliphatic carbocycles. The number of hydrogen-bond acceptors (Lipinski definition) is 4. The lowest BCUT2D eigenvalue weighted by molar-refractivity contribution is 0.0526. The van der Waals surface area contributed by atoms with Crippen LogP contribution in [0.25, 0.3) is 11.1 Å². The first-order valence-corrected chi connectivity index (χ1v) is 4.31. The Morgan fingerprint density at radius 2 is 2.50 bits per heavy atom. The number of carbonyl (C=O) groups excluding carboxylic acids is 1. The van der Waals surface area contributed by atoms with Crippen molar-refractivity contribution in [3.05, 3.63) is 30.2 Å². The number of pyridine rings is 1. The molecule has 0 aromatic carbocycles. The van der Waals surface area contributed by atoms with E-state index in [4.69, 9.17) is 9.15 Å². The standard InChI is InChI=1S/C10H9NO3/c1-2-13-10(12)8-5-7-3-4-14-9(7)11-6-8/h3-6H,2H2,1H3. The van der Waals surface area contributed by atoms with Crippen molar-refractivity contribution >= 4 is 17.1 Å². The summed E-state index contributed by atoms with van der Waals surface area (Å²) in [5, 5.41) is 0.801. The number of furan rings is 1. The highest BCUT2D eigenvalue weighted by atomic mass is 16.5. The Labute approximate surface area is 80.5 Å². The number of aromatic nitrogens is 1. The van der Waals surface area contributed by atoms with E-state index in [1.165, 1.54) is 12.5 Å². The Balaban J connectivity index is 2.38. The van der Waals surface area contributed by atoms with E-state index in [1.807, 2.05) is 0 Å². The van der Waals surface area contributed by atoms with E-state index >= 15 is 0 Å². The molecule has 0 saturated heterocycles. The van der Waals surface area contributed by atoms with Crippen molar-refractivity contribution < 1.29 is 13.9 Å². The van der Waals surface area contributed by atoms with Crippen molar-refractivity contribution in [1.29, 1.82) is 0 Å². The molecule has 2 aromatic heterocycles. The molecule has 2 heterocycles. The van der Waals surface area contributed by atoms with E-state index in [2.05, 4.69) is 4.98 Å². The average molecular weight is 191 g/mol. The van der Waals surface area contributed by atoms with Gasteiger partial charge in [0.25, 0.3) is 0 Å². The smallest absolute Gasteiger partial charge is 0.339 e. The number of esters is 1. The third-order valence-electron chi connectivity index (χ3n) is 1.82. The van der Waals surface area contributed by atoms with Crippen molar-refractivity contribution in [2.24, 2.45) is 0 Å². The summed E-state index contributed by atoms with van der Waals surface area (Å²) in [4.78, 5) is 15.3. The van der Waals surface area contributed by atoms with Crippen LogP contribution in [0.4, 0.5) is 0 Å². The highest BCUT2D eigenvalue weighted by Crippen LogP contribution is 2.14. The fourth-order valence-electron chi connectivity index (χ4n) is 1.18. The molecule has 0 amide bonds. The molecule has 4 heteroatoms. The number of hydrogen-bond donors (Lipinski definition) is 0. The van der Waals surface area contributed by atoms with Gasteiger partial charge in [0.05, 0.1) is 18.4 Å². The first kappa shape index (κ1) is 8.74. The quantitative estimate of drug-likeness (QED) is 0.681. The molecule has 0 saturated carbocycles. The van der Waals surface area contributed by atoms with Gasteiger partial charge < -0.3 is 9.15 Å². The van der Waals surface area contributed by atoms with Crippen molar-refractivity contribution in [2.45, 2.75) is 6.92 Å². The van der Waals surface area contributed by atoms with Crippen LogP contribution in [0.1, 0.15) is 17.3 Å². The molecule has 0 atom stereocenters. The summed E-state index contributed by atoms with van der Waals surface area (Å²) < 4.78 is 9.89. The van der Waals surface area contributed by atoms with Gasteiger partial charge in [-0.15, -0.1) is 0 Å². The van der Waals surface area contributed by atoms with Gasteiger partial charge in [0.15, 0.2) is 0 Å². The highest BCUT2D eigenvalue weighted by Gasteiger charge is 2.08. The molecule has 0 spiro atoms. The van der Waals surface area contributed by atoms with Crippen molar-refractivity contribution in [1.82, 2.24) is 4.98 Å². The van der Waals surface area contributed by atoms with E-state index in [1.54, 1.807) is 19.1 Å². The number of ether oxygens (including phenoxy) is 1. The molecule has 0 unspecified atom stereocenters. The van der Waals surface area contributed by atoms with Crippen LogP contribution in [0.2, 0.25) is 0 Å². The Morgan fingerprint density at radius 3 is 3.29 bits per heavy atom. The van der Waals surface area contributed by atoms with Gasteiger partial charge in [-0.25, -0.2) is 9.78 Å². The molecule has 2 aromatic rings. The van der Waals surface area contributed by atoms with Crippen LogP contribution in [0, 0.1) is 0 Å². The molecule has 2 rings (SSSR count). The second-order valence-electron chi connectivity index (χ2n) is 2.76. The van der Waals surface area contributed by atoms with Gasteiger partial charge in [-0.05, 0) is 19.1 Å². The average Bonchev–Trinajstić information content (AvgIpc) is 2.64. The second-order valence-corrected chi connectivity index (χ2v) is 2.76. The predicted molar refractivity (Wildman–Crippen MR) is 50.0 cm³/mol. The third-order valence-corrected chi connectivity index (χ3v) is 1.82. The third kappa shape index (κ3) is 1.46. The minimum absolute atomic E-state index is 0.358. The zero-order valence-corrected chi connectivity index (χ0v) is 7.69. The van der Waals surface area contributed by atoms with E-state index < -0.39 is 0 Å². The first-order chi connectivity index (χ1) is 6.81. The van der Waals surface area contributed by atoms with E-state index in [0.29, 0.717) is 17.9 Å². The Hall–Kier alpha value is -1.84. The Morgan fingerprint density at radius 1 is 1.64 bits per heavy atom. The van der Waals surface area contributed by atoms with Crippen LogP contribution >= 0.6 is 0 Å². The van der Waals surface area contributed by atoms with Crippen LogP contribution < -0.4 is 0 Å². The summed E-state index contributed by atoms with van der Waals surface area (Å²) in [6.45, 7) is 2.13. The van der Waals surface area contributed by atoms with Crippen LogP contribution in [0.5, 0.6) is 0 Å². The van der Waals surface area contributed by atoms with E-state index in [9.17, 15) is 4.79 Å². The van der Waals surface area contributed by atoms with Crippen LogP contribution in [-0.4, -0.2) is 17.6 Å². The molecular weight excluding hydrogens is 182 g/mol. The minimum Gasteiger partial charge on any atom is -0.462 e. The lowest BCUT2D eigenvalue weighted by Gasteiger charge is -1.99. The molecule has 0 aliphatic rings. The Kier molecular flexibility index (Phi) is 2.18. The van der Waals surface area contributed by atoms with E-state index in [0.717, 1.165) is 5.39 Å². The van der Waals surface area contributed by atoms with Gasteiger partial charge in [-0.1, -0.05) is 0 Å². The molecule has 0 aliphatic heterocycles. The number of rotatable bonds is 2. The fraction of sp³-hybridized carbons (Fsp3) is 0.200. The summed E-state index contributed by atoms with van der Waals surface area (Å²) in [7, 11) is 0. The Bertz CT molecular complexity index is 461. The molecule has 0 radical (unpaired) electrons. The summed E-state index contributed by atoms with van der Waals surface area (Å²) in [6, 6.07) is 3.45. The molecule has 0 N–H and O–H groups in total. The summed E-state index contributed by atoms with van der Waals surface area (Å²) in [5.74, 6) is -0.358. The lowest BCUT2D eigenvalue weighted by Crippen LogP contribution is -2.04. The molecule has 0 bridgehead atoms. The van der Waals surface area contributed by atoms with Gasteiger partial charge in [0.1, 0.15) is 0 Å². The topological polar surface area (TPSA) is 52.3 Å². The molecule has 72 valence electrons. The van der Waals surface area contributed by atoms with E-state index in [-0.39, 0.29) is 5.97 Å². The van der Waals surface area contributed by atoms with Crippen molar-refractivity contribution in [3.8, 4) is 0 Å². The largest absolute Gasteiger partial charge is 0.462 e. The first-order valence-electron chi connectivity index (χ1n) is 4.31. The summed E-state index contributed by atoms with van der Waals surface area (Å²) in [5.41, 5.74) is 0.971. The van der Waals surface area contributed by atoms with Gasteiger partial charge in [-0.2, -0.15) is 0 Å². The normalized spacial score (nSPS) is 10.4. The van der Waals surface area contributed by atoms with Crippen molar-refractivity contribution in [2.75, 3.05) is 6.61 Å². The molecule has 0 fully saturated rings. The molecule has 14 heavy (non-hydrogen) atoms. The van der Waals surface area contributed by atoms with Gasteiger partial charge in [0.2, 0.25) is 5.71 Å². The van der Waals surface area contributed by atoms with Gasteiger partial charge in [0, 0.05) is 11.6 Å². The maximum absolute atomic E-state index is 11.3. The van der Waals surface area contributed by atoms with Crippen LogP contribution in [0.15, 0.2) is 29.0 Å². The van der Waals surface area contributed by atoms with Crippen LogP contribution in [0.3, 0.4) is 0 Å². The monoisotopic (exact) mass is 191 g/mol. The highest BCUT2D eigenvalue weighted by molar-refractivity contribution is 5.92. The SMILES string of the molecule is CCOC(=O)c1cnc2occc2c1. The number of carbonyl (C=O) groups is 1. The zero-order valence-electron chi connectivity index (χ0n) is 7.69. The molecular formula is C10H9NO3. The zero-order chi connectivity index (χ0) is 9.97. The van der Waals surface area contributed by atoms with Gasteiger partial charge >= 0.3 is 5.97 Å². The minimum atomic E-state index is -0.358. The summed E-state index contributed by atoms with van der Waals surface area (Å²) >= 11 is 0. The lowest BCUT2D eigenvalue weighted by atomic mass is 10.2. The second kappa shape index (κ2) is 3.49. The number of nitrogens with zero attached hydrogens (tertiary/aromatic N) is 1. The predicted octanol–water partition coefficient (Wildman–Crippen LogP) is 2.00. The summed E-state index contributed by atoms with van der Waals surface area (Å²) in [6.07, 6.45) is 2.98. The molecule has 4 nitrogen and oxygen atoms in total. The fourth-order valence-corrected chi connectivity index (χ4v) is 1.18. The van der Waals surface area contributed by atoms with Crippen LogP contribution in [-0.2, 0) is 4.74 Å².